The SMILES string of the molecule is CNCc1cnc(C)cc1Oc1cccnc1. The molecule has 88 valence electrons. The second-order valence-corrected chi connectivity index (χ2v) is 3.75. The van der Waals surface area contributed by atoms with E-state index in [1.807, 2.05) is 38.4 Å². The van der Waals surface area contributed by atoms with Gasteiger partial charge >= 0.3 is 0 Å². The van der Waals surface area contributed by atoms with Gasteiger partial charge in [-0.2, -0.15) is 0 Å². The molecule has 1 N–H and O–H groups in total. The fourth-order valence-electron chi connectivity index (χ4n) is 1.52. The molecule has 0 radical (unpaired) electrons. The van der Waals surface area contributed by atoms with Gasteiger partial charge in [0, 0.05) is 36.3 Å². The number of ether oxygens (including phenoxy) is 1. The number of nitrogens with zero attached hydrogens (tertiary/aromatic N) is 2. The zero-order chi connectivity index (χ0) is 12.1. The number of rotatable bonds is 4. The number of aryl methyl sites for hydroxylation is 1. The molecule has 2 heterocycles. The van der Waals surface area contributed by atoms with Crippen molar-refractivity contribution in [3.05, 3.63) is 48.0 Å². The molecular weight excluding hydrogens is 214 g/mol. The highest BCUT2D eigenvalue weighted by atomic mass is 16.5. The summed E-state index contributed by atoms with van der Waals surface area (Å²) in [5.74, 6) is 1.55. The molecule has 0 amide bonds. The first-order chi connectivity index (χ1) is 8.29. The second kappa shape index (κ2) is 5.41. The lowest BCUT2D eigenvalue weighted by Crippen LogP contribution is -2.07. The highest BCUT2D eigenvalue weighted by Gasteiger charge is 2.05. The average Bonchev–Trinajstić information content (AvgIpc) is 2.34. The molecule has 0 unspecified atom stereocenters. The van der Waals surface area contributed by atoms with Gasteiger partial charge in [0.15, 0.2) is 0 Å². The predicted molar refractivity (Wildman–Crippen MR) is 66.0 cm³/mol. The van der Waals surface area contributed by atoms with E-state index >= 15 is 0 Å². The van der Waals surface area contributed by atoms with Crippen molar-refractivity contribution in [2.45, 2.75) is 13.5 Å². The topological polar surface area (TPSA) is 47.0 Å². The summed E-state index contributed by atoms with van der Waals surface area (Å²) >= 11 is 0. The van der Waals surface area contributed by atoms with Gasteiger partial charge in [0.1, 0.15) is 11.5 Å². The van der Waals surface area contributed by atoms with Crippen LogP contribution in [0, 0.1) is 6.92 Å². The van der Waals surface area contributed by atoms with Crippen LogP contribution < -0.4 is 10.1 Å². The summed E-state index contributed by atoms with van der Waals surface area (Å²) in [5, 5.41) is 3.09. The van der Waals surface area contributed by atoms with Gasteiger partial charge in [-0.05, 0) is 26.1 Å². The molecule has 0 bridgehead atoms. The Morgan fingerprint density at radius 2 is 2.24 bits per heavy atom. The lowest BCUT2D eigenvalue weighted by Gasteiger charge is -2.10. The molecule has 17 heavy (non-hydrogen) atoms. The highest BCUT2D eigenvalue weighted by Crippen LogP contribution is 2.24. The third-order valence-corrected chi connectivity index (χ3v) is 2.31. The largest absolute Gasteiger partial charge is 0.455 e. The molecule has 0 aliphatic rings. The zero-order valence-electron chi connectivity index (χ0n) is 9.97. The molecule has 2 rings (SSSR count). The van der Waals surface area contributed by atoms with Gasteiger partial charge in [-0.3, -0.25) is 9.97 Å². The quantitative estimate of drug-likeness (QED) is 0.873. The standard InChI is InChI=1S/C13H15N3O/c1-10-6-13(11(7-14-2)8-16-10)17-12-4-3-5-15-9-12/h3-6,8-9,14H,7H2,1-2H3. The molecule has 0 aliphatic carbocycles. The van der Waals surface area contributed by atoms with E-state index in [2.05, 4.69) is 15.3 Å². The fraction of sp³-hybridized carbons (Fsp3) is 0.231. The van der Waals surface area contributed by atoms with Crippen LogP contribution in [0.4, 0.5) is 0 Å². The van der Waals surface area contributed by atoms with Gasteiger partial charge in [-0.15, -0.1) is 0 Å². The van der Waals surface area contributed by atoms with Gasteiger partial charge in [-0.1, -0.05) is 0 Å². The van der Waals surface area contributed by atoms with Crippen molar-refractivity contribution in [2.24, 2.45) is 0 Å². The minimum absolute atomic E-state index is 0.725. The molecule has 0 spiro atoms. The Morgan fingerprint density at radius 1 is 1.35 bits per heavy atom. The fourth-order valence-corrected chi connectivity index (χ4v) is 1.52. The number of hydrogen-bond acceptors (Lipinski definition) is 4. The van der Waals surface area contributed by atoms with Crippen molar-refractivity contribution in [3.63, 3.8) is 0 Å². The number of hydrogen-bond donors (Lipinski definition) is 1. The molecule has 0 aromatic carbocycles. The first-order valence-electron chi connectivity index (χ1n) is 5.47. The molecule has 0 fully saturated rings. The third kappa shape index (κ3) is 3.01. The summed E-state index contributed by atoms with van der Waals surface area (Å²) in [6.45, 7) is 2.67. The number of aromatic nitrogens is 2. The average molecular weight is 229 g/mol. The Hall–Kier alpha value is -1.94. The number of pyridine rings is 2. The van der Waals surface area contributed by atoms with E-state index in [0.29, 0.717) is 0 Å². The van der Waals surface area contributed by atoms with E-state index in [1.165, 1.54) is 0 Å². The van der Waals surface area contributed by atoms with Gasteiger partial charge < -0.3 is 10.1 Å². The molecule has 0 atom stereocenters. The summed E-state index contributed by atoms with van der Waals surface area (Å²) in [4.78, 5) is 8.29. The van der Waals surface area contributed by atoms with E-state index in [0.717, 1.165) is 29.3 Å². The van der Waals surface area contributed by atoms with Crippen LogP contribution in [-0.4, -0.2) is 17.0 Å². The second-order valence-electron chi connectivity index (χ2n) is 3.75. The lowest BCUT2D eigenvalue weighted by atomic mass is 10.2. The Labute approximate surface area is 101 Å². The van der Waals surface area contributed by atoms with Crippen LogP contribution in [0.1, 0.15) is 11.3 Å². The van der Waals surface area contributed by atoms with E-state index in [-0.39, 0.29) is 0 Å². The lowest BCUT2D eigenvalue weighted by molar-refractivity contribution is 0.470. The van der Waals surface area contributed by atoms with E-state index in [1.54, 1.807) is 12.4 Å². The Balaban J connectivity index is 2.27. The summed E-state index contributed by atoms with van der Waals surface area (Å²) in [7, 11) is 1.90. The van der Waals surface area contributed by atoms with Crippen molar-refractivity contribution < 1.29 is 4.74 Å². The van der Waals surface area contributed by atoms with Gasteiger partial charge in [0.2, 0.25) is 0 Å². The van der Waals surface area contributed by atoms with Crippen LogP contribution in [0.3, 0.4) is 0 Å². The monoisotopic (exact) mass is 229 g/mol. The normalized spacial score (nSPS) is 10.2. The van der Waals surface area contributed by atoms with E-state index in [9.17, 15) is 0 Å². The molecule has 4 nitrogen and oxygen atoms in total. The minimum atomic E-state index is 0.725. The van der Waals surface area contributed by atoms with Crippen molar-refractivity contribution in [1.29, 1.82) is 0 Å². The molecular formula is C13H15N3O. The first kappa shape index (κ1) is 11.5. The van der Waals surface area contributed by atoms with Crippen LogP contribution in [0.5, 0.6) is 11.5 Å². The Bertz CT molecular complexity index is 485. The molecule has 0 aliphatic heterocycles. The molecule has 0 saturated heterocycles. The zero-order valence-corrected chi connectivity index (χ0v) is 9.97. The summed E-state index contributed by atoms with van der Waals surface area (Å²) in [6, 6.07) is 5.66. The molecule has 2 aromatic rings. The maximum absolute atomic E-state index is 5.80. The summed E-state index contributed by atoms with van der Waals surface area (Å²) < 4.78 is 5.80. The first-order valence-corrected chi connectivity index (χ1v) is 5.47. The predicted octanol–water partition coefficient (Wildman–Crippen LogP) is 2.30. The Kier molecular flexibility index (Phi) is 3.67. The number of nitrogens with one attached hydrogen (secondary N) is 1. The van der Waals surface area contributed by atoms with Crippen molar-refractivity contribution in [1.82, 2.24) is 15.3 Å². The van der Waals surface area contributed by atoms with Gasteiger partial charge in [0.25, 0.3) is 0 Å². The van der Waals surface area contributed by atoms with E-state index in [4.69, 9.17) is 4.74 Å². The smallest absolute Gasteiger partial charge is 0.145 e. The highest BCUT2D eigenvalue weighted by molar-refractivity contribution is 5.36. The van der Waals surface area contributed by atoms with Crippen LogP contribution in [-0.2, 0) is 6.54 Å². The van der Waals surface area contributed by atoms with Gasteiger partial charge in [0.05, 0.1) is 6.20 Å². The van der Waals surface area contributed by atoms with E-state index < -0.39 is 0 Å². The minimum Gasteiger partial charge on any atom is -0.455 e. The molecule has 4 heteroatoms. The van der Waals surface area contributed by atoms with Crippen LogP contribution in [0.15, 0.2) is 36.8 Å². The molecule has 2 aromatic heterocycles. The van der Waals surface area contributed by atoms with Crippen molar-refractivity contribution >= 4 is 0 Å². The summed E-state index contributed by atoms with van der Waals surface area (Å²) in [5.41, 5.74) is 1.96. The Morgan fingerprint density at radius 3 is 2.94 bits per heavy atom. The van der Waals surface area contributed by atoms with Crippen LogP contribution in [0.25, 0.3) is 0 Å². The van der Waals surface area contributed by atoms with Crippen molar-refractivity contribution in [3.8, 4) is 11.5 Å². The maximum atomic E-state index is 5.80. The van der Waals surface area contributed by atoms with Crippen LogP contribution >= 0.6 is 0 Å². The molecule has 0 saturated carbocycles. The van der Waals surface area contributed by atoms with Crippen molar-refractivity contribution in [2.75, 3.05) is 7.05 Å². The maximum Gasteiger partial charge on any atom is 0.145 e. The van der Waals surface area contributed by atoms with Crippen LogP contribution in [0.2, 0.25) is 0 Å². The summed E-state index contributed by atoms with van der Waals surface area (Å²) in [6.07, 6.45) is 5.25. The van der Waals surface area contributed by atoms with Gasteiger partial charge in [-0.25, -0.2) is 0 Å². The third-order valence-electron chi connectivity index (χ3n) is 2.31.